The number of aromatic nitrogens is 2. The number of amides is 2. The third kappa shape index (κ3) is 4.76. The Hall–Kier alpha value is -2.45. The van der Waals surface area contributed by atoms with E-state index in [2.05, 4.69) is 20.5 Å². The molecule has 2 aromatic heterocycles. The van der Waals surface area contributed by atoms with E-state index in [1.165, 1.54) is 6.42 Å². The monoisotopic (exact) mass is 399 g/mol. The van der Waals surface area contributed by atoms with Crippen LogP contribution in [0.25, 0.3) is 5.52 Å². The molecular weight excluding hydrogens is 370 g/mol. The molecule has 3 heterocycles. The van der Waals surface area contributed by atoms with Crippen LogP contribution in [-0.2, 0) is 4.74 Å². The van der Waals surface area contributed by atoms with E-state index < -0.39 is 0 Å². The van der Waals surface area contributed by atoms with E-state index in [1.807, 2.05) is 18.2 Å². The maximum atomic E-state index is 12.8. The molecule has 4 rings (SSSR count). The van der Waals surface area contributed by atoms with Crippen molar-refractivity contribution in [1.29, 1.82) is 0 Å². The Kier molecular flexibility index (Phi) is 6.41. The molecule has 2 N–H and O–H groups in total. The summed E-state index contributed by atoms with van der Waals surface area (Å²) in [7, 11) is 0. The molecule has 29 heavy (non-hydrogen) atoms. The van der Waals surface area contributed by atoms with E-state index in [-0.39, 0.29) is 23.7 Å². The van der Waals surface area contributed by atoms with Gasteiger partial charge >= 0.3 is 0 Å². The molecule has 2 aromatic rings. The lowest BCUT2D eigenvalue weighted by atomic mass is 9.95. The van der Waals surface area contributed by atoms with E-state index in [0.29, 0.717) is 17.8 Å². The fourth-order valence-electron chi connectivity index (χ4n) is 4.10. The lowest BCUT2D eigenvalue weighted by Gasteiger charge is -2.26. The Morgan fingerprint density at radius 1 is 1.10 bits per heavy atom. The number of imidazole rings is 1. The van der Waals surface area contributed by atoms with Crippen molar-refractivity contribution in [2.24, 2.45) is 0 Å². The Morgan fingerprint density at radius 3 is 2.69 bits per heavy atom. The summed E-state index contributed by atoms with van der Waals surface area (Å²) in [6, 6.07) is 5.71. The summed E-state index contributed by atoms with van der Waals surface area (Å²) in [5.41, 5.74) is 0.966. The molecule has 156 valence electrons. The third-order valence-corrected chi connectivity index (χ3v) is 5.72. The van der Waals surface area contributed by atoms with Crippen molar-refractivity contribution in [2.75, 3.05) is 39.4 Å². The van der Waals surface area contributed by atoms with Gasteiger partial charge in [0.05, 0.1) is 18.7 Å². The Morgan fingerprint density at radius 2 is 1.90 bits per heavy atom. The second-order valence-electron chi connectivity index (χ2n) is 7.76. The van der Waals surface area contributed by atoms with Gasteiger partial charge < -0.3 is 15.4 Å². The van der Waals surface area contributed by atoms with Crippen LogP contribution in [0.2, 0.25) is 0 Å². The van der Waals surface area contributed by atoms with Gasteiger partial charge in [-0.25, -0.2) is 4.98 Å². The molecule has 1 aliphatic carbocycles. The number of carbonyl (C=O) groups excluding carboxylic acids is 2. The van der Waals surface area contributed by atoms with Gasteiger partial charge in [0.1, 0.15) is 0 Å². The predicted molar refractivity (Wildman–Crippen MR) is 109 cm³/mol. The number of nitrogens with one attached hydrogen (secondary N) is 2. The van der Waals surface area contributed by atoms with Gasteiger partial charge in [0, 0.05) is 38.4 Å². The summed E-state index contributed by atoms with van der Waals surface area (Å²) in [5.74, 6) is -0.222. The molecule has 8 nitrogen and oxygen atoms in total. The lowest BCUT2D eigenvalue weighted by molar-refractivity contribution is 0.0383. The highest BCUT2D eigenvalue weighted by Gasteiger charge is 2.24. The molecule has 1 saturated heterocycles. The van der Waals surface area contributed by atoms with Crippen LogP contribution in [0.3, 0.4) is 0 Å². The minimum Gasteiger partial charge on any atom is -0.379 e. The molecule has 1 aliphatic heterocycles. The summed E-state index contributed by atoms with van der Waals surface area (Å²) in [4.78, 5) is 32.3. The molecule has 0 aromatic carbocycles. The zero-order chi connectivity index (χ0) is 20.1. The highest BCUT2D eigenvalue weighted by atomic mass is 16.5. The second kappa shape index (κ2) is 9.37. The smallest absolute Gasteiger partial charge is 0.287 e. The molecule has 0 radical (unpaired) electrons. The highest BCUT2D eigenvalue weighted by molar-refractivity contribution is 6.02. The van der Waals surface area contributed by atoms with Gasteiger partial charge in [-0.3, -0.25) is 18.9 Å². The van der Waals surface area contributed by atoms with Crippen LogP contribution in [0, 0.1) is 0 Å². The fourth-order valence-corrected chi connectivity index (χ4v) is 4.10. The highest BCUT2D eigenvalue weighted by Crippen LogP contribution is 2.19. The molecular formula is C21H29N5O3. The SMILES string of the molecule is O=C(NC1CCCCC1)c1nc(C(=O)NCCN2CCOCC2)n2ccccc12. The standard InChI is InChI=1S/C21H29N5O3/c27-20(23-16-6-2-1-3-7-16)18-17-8-4-5-10-26(17)19(24-18)21(28)22-9-11-25-12-14-29-15-13-25/h4-5,8,10,16H,1-3,6-7,9,11-15H2,(H,22,28)(H,23,27). The van der Waals surface area contributed by atoms with Gasteiger partial charge in [0.2, 0.25) is 5.82 Å². The summed E-state index contributed by atoms with van der Waals surface area (Å²) in [6.07, 6.45) is 7.31. The van der Waals surface area contributed by atoms with E-state index in [0.717, 1.165) is 58.5 Å². The fraction of sp³-hybridized carbons (Fsp3) is 0.571. The first-order valence-corrected chi connectivity index (χ1v) is 10.6. The number of carbonyl (C=O) groups is 2. The van der Waals surface area contributed by atoms with Crippen LogP contribution in [0.5, 0.6) is 0 Å². The molecule has 2 aliphatic rings. The number of ether oxygens (including phenoxy) is 1. The van der Waals surface area contributed by atoms with Crippen LogP contribution < -0.4 is 10.6 Å². The number of fused-ring (bicyclic) bond motifs is 1. The summed E-state index contributed by atoms with van der Waals surface area (Å²) in [6.45, 7) is 4.54. The first-order valence-electron chi connectivity index (χ1n) is 10.6. The number of hydrogen-bond donors (Lipinski definition) is 2. The van der Waals surface area contributed by atoms with Crippen LogP contribution >= 0.6 is 0 Å². The van der Waals surface area contributed by atoms with E-state index >= 15 is 0 Å². The number of nitrogens with zero attached hydrogens (tertiary/aromatic N) is 3. The first kappa shape index (κ1) is 19.8. The van der Waals surface area contributed by atoms with Gasteiger partial charge in [-0.05, 0) is 25.0 Å². The molecule has 0 spiro atoms. The molecule has 8 heteroatoms. The zero-order valence-electron chi connectivity index (χ0n) is 16.7. The van der Waals surface area contributed by atoms with Crippen molar-refractivity contribution in [3.63, 3.8) is 0 Å². The van der Waals surface area contributed by atoms with E-state index in [1.54, 1.807) is 10.6 Å². The maximum absolute atomic E-state index is 12.8. The van der Waals surface area contributed by atoms with Gasteiger partial charge in [-0.1, -0.05) is 25.3 Å². The quantitative estimate of drug-likeness (QED) is 0.768. The molecule has 0 unspecified atom stereocenters. The van der Waals surface area contributed by atoms with Crippen molar-refractivity contribution in [3.8, 4) is 0 Å². The van der Waals surface area contributed by atoms with Crippen LogP contribution in [0.1, 0.15) is 53.2 Å². The van der Waals surface area contributed by atoms with Gasteiger partial charge in [0.15, 0.2) is 5.69 Å². The third-order valence-electron chi connectivity index (χ3n) is 5.72. The maximum Gasteiger partial charge on any atom is 0.287 e. The number of pyridine rings is 1. The number of rotatable bonds is 6. The van der Waals surface area contributed by atoms with Crippen LogP contribution in [0.4, 0.5) is 0 Å². The molecule has 2 amide bonds. The average Bonchev–Trinajstić information content (AvgIpc) is 3.15. The molecule has 2 fully saturated rings. The summed E-state index contributed by atoms with van der Waals surface area (Å²) >= 11 is 0. The second-order valence-corrected chi connectivity index (χ2v) is 7.76. The topological polar surface area (TPSA) is 88.0 Å². The lowest BCUT2D eigenvalue weighted by Crippen LogP contribution is -2.41. The normalized spacial score (nSPS) is 18.6. The Labute approximate surface area is 170 Å². The molecule has 0 atom stereocenters. The predicted octanol–water partition coefficient (Wildman–Crippen LogP) is 1.46. The number of hydrogen-bond acceptors (Lipinski definition) is 5. The van der Waals surface area contributed by atoms with Crippen molar-refractivity contribution >= 4 is 17.3 Å². The minimum absolute atomic E-state index is 0.197. The van der Waals surface area contributed by atoms with Crippen molar-refractivity contribution in [3.05, 3.63) is 35.9 Å². The van der Waals surface area contributed by atoms with Crippen molar-refractivity contribution in [1.82, 2.24) is 24.9 Å². The van der Waals surface area contributed by atoms with Gasteiger partial charge in [0.25, 0.3) is 11.8 Å². The number of morpholine rings is 1. The Bertz CT molecular complexity index is 853. The van der Waals surface area contributed by atoms with Crippen molar-refractivity contribution < 1.29 is 14.3 Å². The van der Waals surface area contributed by atoms with E-state index in [9.17, 15) is 9.59 Å². The zero-order valence-corrected chi connectivity index (χ0v) is 16.7. The first-order chi connectivity index (χ1) is 14.2. The molecule has 1 saturated carbocycles. The minimum atomic E-state index is -0.267. The van der Waals surface area contributed by atoms with Gasteiger partial charge in [-0.2, -0.15) is 0 Å². The van der Waals surface area contributed by atoms with Crippen molar-refractivity contribution in [2.45, 2.75) is 38.1 Å². The summed E-state index contributed by atoms with van der Waals surface area (Å²) < 4.78 is 7.04. The summed E-state index contributed by atoms with van der Waals surface area (Å²) in [5, 5.41) is 6.04. The van der Waals surface area contributed by atoms with E-state index in [4.69, 9.17) is 4.74 Å². The average molecular weight is 399 g/mol. The largest absolute Gasteiger partial charge is 0.379 e. The van der Waals surface area contributed by atoms with Crippen LogP contribution in [-0.4, -0.2) is 71.5 Å². The van der Waals surface area contributed by atoms with Gasteiger partial charge in [-0.15, -0.1) is 0 Å². The molecule has 0 bridgehead atoms. The Balaban J connectivity index is 1.44. The van der Waals surface area contributed by atoms with Crippen LogP contribution in [0.15, 0.2) is 24.4 Å².